The summed E-state index contributed by atoms with van der Waals surface area (Å²) in [4.78, 5) is 28.8. The number of piperazine rings is 1. The van der Waals surface area contributed by atoms with Gasteiger partial charge in [-0.3, -0.25) is 14.5 Å². The van der Waals surface area contributed by atoms with E-state index in [1.807, 2.05) is 30.9 Å². The molecule has 30 heavy (non-hydrogen) atoms. The van der Waals surface area contributed by atoms with Crippen molar-refractivity contribution in [1.82, 2.24) is 9.80 Å². The molecule has 2 amide bonds. The Bertz CT molecular complexity index is 908. The molecule has 2 aromatic carbocycles. The Balaban J connectivity index is 0.00000320. The number of amides is 2. The van der Waals surface area contributed by atoms with Crippen LogP contribution < -0.4 is 5.73 Å². The average Bonchev–Trinajstić information content (AvgIpc) is 2.63. The van der Waals surface area contributed by atoms with E-state index in [0.29, 0.717) is 19.6 Å². The Morgan fingerprint density at radius 2 is 1.63 bits per heavy atom. The second kappa shape index (κ2) is 10.1. The summed E-state index contributed by atoms with van der Waals surface area (Å²) in [5, 5.41) is 0. The van der Waals surface area contributed by atoms with Crippen molar-refractivity contribution in [3.63, 3.8) is 0 Å². The minimum Gasteiger partial charge on any atom is -0.369 e. The molecule has 0 aliphatic carbocycles. The number of nitrogens with two attached hydrogens (primary N) is 1. The summed E-state index contributed by atoms with van der Waals surface area (Å²) >= 11 is 0. The summed E-state index contributed by atoms with van der Waals surface area (Å²) in [5.74, 6) is -0.270. The number of hydrogen-bond acceptors (Lipinski definition) is 3. The van der Waals surface area contributed by atoms with Gasteiger partial charge in [0.2, 0.25) is 5.91 Å². The monoisotopic (exact) mass is 429 g/mol. The first-order chi connectivity index (χ1) is 13.7. The van der Waals surface area contributed by atoms with Gasteiger partial charge in [-0.1, -0.05) is 35.4 Å². The first kappa shape index (κ1) is 23.9. The maximum Gasteiger partial charge on any atom is 0.254 e. The molecule has 1 fully saturated rings. The Morgan fingerprint density at radius 1 is 0.967 bits per heavy atom. The fraction of sp³-hybridized carbons (Fsp3) is 0.417. The molecular formula is C24H32ClN3O2. The number of benzene rings is 2. The number of carbonyl (C=O) groups is 2. The molecule has 1 heterocycles. The smallest absolute Gasteiger partial charge is 0.254 e. The van der Waals surface area contributed by atoms with Gasteiger partial charge in [0.25, 0.3) is 5.91 Å². The average molecular weight is 430 g/mol. The Labute approximate surface area is 185 Å². The van der Waals surface area contributed by atoms with Crippen molar-refractivity contribution >= 4 is 24.2 Å². The third-order valence-electron chi connectivity index (χ3n) is 5.72. The van der Waals surface area contributed by atoms with Gasteiger partial charge in [-0.2, -0.15) is 0 Å². The molecular weight excluding hydrogens is 398 g/mol. The Morgan fingerprint density at radius 3 is 2.23 bits per heavy atom. The van der Waals surface area contributed by atoms with Crippen molar-refractivity contribution in [2.75, 3.05) is 26.2 Å². The third-order valence-corrected chi connectivity index (χ3v) is 5.72. The van der Waals surface area contributed by atoms with Gasteiger partial charge in [-0.25, -0.2) is 0 Å². The maximum absolute atomic E-state index is 13.4. The quantitative estimate of drug-likeness (QED) is 0.793. The highest BCUT2D eigenvalue weighted by atomic mass is 35.5. The van der Waals surface area contributed by atoms with E-state index in [2.05, 4.69) is 43.0 Å². The lowest BCUT2D eigenvalue weighted by atomic mass is 9.97. The zero-order valence-corrected chi connectivity index (χ0v) is 19.1. The number of halogens is 1. The van der Waals surface area contributed by atoms with Crippen LogP contribution in [0.5, 0.6) is 0 Å². The first-order valence-electron chi connectivity index (χ1n) is 10.2. The number of nitrogens with zero attached hydrogens (tertiary/aromatic N) is 2. The van der Waals surface area contributed by atoms with Crippen molar-refractivity contribution in [2.45, 2.75) is 40.2 Å². The number of carbonyl (C=O) groups excluding carboxylic acids is 2. The van der Waals surface area contributed by atoms with Crippen LogP contribution in [0.1, 0.15) is 38.2 Å². The molecule has 1 aliphatic heterocycles. The van der Waals surface area contributed by atoms with Crippen LogP contribution in [-0.2, 0) is 11.2 Å². The number of aryl methyl sites for hydroxylation is 4. The number of rotatable bonds is 5. The zero-order chi connectivity index (χ0) is 21.1. The SMILES string of the molecule is Cc1cc(C)cc(C(=O)N2CCN(CC(N)=O)C[C@H]2Cc2ccc(C)c(C)c2)c1.Cl. The molecule has 162 valence electrons. The van der Waals surface area contributed by atoms with Crippen LogP contribution in [-0.4, -0.2) is 53.8 Å². The summed E-state index contributed by atoms with van der Waals surface area (Å²) in [5.41, 5.74) is 12.0. The molecule has 1 saturated heterocycles. The predicted molar refractivity (Wildman–Crippen MR) is 123 cm³/mol. The highest BCUT2D eigenvalue weighted by molar-refractivity contribution is 5.95. The standard InChI is InChI=1S/C24H31N3O2.ClH/c1-16-9-17(2)11-21(10-16)24(29)27-8-7-26(15-23(25)28)14-22(27)13-20-6-5-18(3)19(4)12-20;/h5-6,9-12,22H,7-8,13-15H2,1-4H3,(H2,25,28);1H/t22-;/m1./s1. The molecule has 0 unspecified atom stereocenters. The lowest BCUT2D eigenvalue weighted by Gasteiger charge is -2.41. The number of primary amides is 1. The molecule has 1 atom stereocenters. The minimum absolute atomic E-state index is 0. The van der Waals surface area contributed by atoms with E-state index in [0.717, 1.165) is 23.1 Å². The van der Waals surface area contributed by atoms with Crippen LogP contribution in [0.25, 0.3) is 0 Å². The van der Waals surface area contributed by atoms with Gasteiger partial charge in [0.05, 0.1) is 6.54 Å². The third kappa shape index (κ3) is 5.83. The van der Waals surface area contributed by atoms with Gasteiger partial charge in [-0.15, -0.1) is 12.4 Å². The molecule has 1 aliphatic rings. The van der Waals surface area contributed by atoms with Crippen molar-refractivity contribution in [1.29, 1.82) is 0 Å². The van der Waals surface area contributed by atoms with E-state index >= 15 is 0 Å². The Hall–Kier alpha value is -2.37. The van der Waals surface area contributed by atoms with Crippen LogP contribution in [0.15, 0.2) is 36.4 Å². The molecule has 0 bridgehead atoms. The van der Waals surface area contributed by atoms with Crippen molar-refractivity contribution in [2.24, 2.45) is 5.73 Å². The van der Waals surface area contributed by atoms with Gasteiger partial charge in [0.15, 0.2) is 0 Å². The zero-order valence-electron chi connectivity index (χ0n) is 18.3. The molecule has 2 N–H and O–H groups in total. The summed E-state index contributed by atoms with van der Waals surface area (Å²) in [6, 6.07) is 12.4. The van der Waals surface area contributed by atoms with Crippen LogP contribution in [0.2, 0.25) is 0 Å². The van der Waals surface area contributed by atoms with Crippen LogP contribution in [0.3, 0.4) is 0 Å². The molecule has 0 aromatic heterocycles. The van der Waals surface area contributed by atoms with Crippen LogP contribution >= 0.6 is 12.4 Å². The second-order valence-electron chi connectivity index (χ2n) is 8.35. The van der Waals surface area contributed by atoms with E-state index in [-0.39, 0.29) is 36.8 Å². The van der Waals surface area contributed by atoms with E-state index in [1.165, 1.54) is 16.7 Å². The summed E-state index contributed by atoms with van der Waals surface area (Å²) < 4.78 is 0. The van der Waals surface area contributed by atoms with Crippen molar-refractivity contribution in [3.05, 3.63) is 69.8 Å². The fourth-order valence-electron chi connectivity index (χ4n) is 4.19. The van der Waals surface area contributed by atoms with E-state index in [1.54, 1.807) is 0 Å². The molecule has 2 aromatic rings. The predicted octanol–water partition coefficient (Wildman–Crippen LogP) is 3.20. The van der Waals surface area contributed by atoms with Gasteiger partial charge >= 0.3 is 0 Å². The van der Waals surface area contributed by atoms with Crippen LogP contribution in [0, 0.1) is 27.7 Å². The highest BCUT2D eigenvalue weighted by Crippen LogP contribution is 2.21. The molecule has 5 nitrogen and oxygen atoms in total. The van der Waals surface area contributed by atoms with Gasteiger partial charge < -0.3 is 10.6 Å². The normalized spacial score (nSPS) is 16.8. The second-order valence-corrected chi connectivity index (χ2v) is 8.35. The molecule has 0 spiro atoms. The lowest BCUT2D eigenvalue weighted by molar-refractivity contribution is -0.119. The van der Waals surface area contributed by atoms with E-state index in [4.69, 9.17) is 5.73 Å². The topological polar surface area (TPSA) is 66.6 Å². The molecule has 0 saturated carbocycles. The van der Waals surface area contributed by atoms with Crippen molar-refractivity contribution in [3.8, 4) is 0 Å². The lowest BCUT2D eigenvalue weighted by Crippen LogP contribution is -2.57. The van der Waals surface area contributed by atoms with Crippen molar-refractivity contribution < 1.29 is 9.59 Å². The largest absolute Gasteiger partial charge is 0.369 e. The van der Waals surface area contributed by atoms with Gasteiger partial charge in [0, 0.05) is 31.2 Å². The summed E-state index contributed by atoms with van der Waals surface area (Å²) in [6.45, 7) is 10.4. The number of hydrogen-bond donors (Lipinski definition) is 1. The maximum atomic E-state index is 13.4. The minimum atomic E-state index is -0.330. The Kier molecular flexibility index (Phi) is 8.04. The molecule has 3 rings (SSSR count). The van der Waals surface area contributed by atoms with Gasteiger partial charge in [0.1, 0.15) is 0 Å². The van der Waals surface area contributed by atoms with Gasteiger partial charge in [-0.05, 0) is 62.9 Å². The summed E-state index contributed by atoms with van der Waals surface area (Å²) in [6.07, 6.45) is 0.757. The van der Waals surface area contributed by atoms with Crippen LogP contribution in [0.4, 0.5) is 0 Å². The fourth-order valence-corrected chi connectivity index (χ4v) is 4.19. The highest BCUT2D eigenvalue weighted by Gasteiger charge is 2.31. The van der Waals surface area contributed by atoms with E-state index < -0.39 is 0 Å². The molecule has 0 radical (unpaired) electrons. The molecule has 6 heteroatoms. The summed E-state index contributed by atoms with van der Waals surface area (Å²) in [7, 11) is 0. The van der Waals surface area contributed by atoms with E-state index in [9.17, 15) is 9.59 Å². The first-order valence-corrected chi connectivity index (χ1v) is 10.2.